The van der Waals surface area contributed by atoms with E-state index >= 15 is 0 Å². The molecule has 3 N–H and O–H groups in total. The van der Waals surface area contributed by atoms with Crippen molar-refractivity contribution in [1.82, 2.24) is 35.4 Å². The SMILES string of the molecule is CCCCCCC(CCN)c1ncnn1Cc1ccc(-c2ccccc2-c2nn[nH]n2)cc1. The van der Waals surface area contributed by atoms with Gasteiger partial charge in [0, 0.05) is 11.5 Å². The minimum Gasteiger partial charge on any atom is -0.330 e. The minimum absolute atomic E-state index is 0.357. The van der Waals surface area contributed by atoms with Crippen molar-refractivity contribution < 1.29 is 0 Å². The predicted octanol–water partition coefficient (Wildman–Crippen LogP) is 4.58. The number of tetrazole rings is 1. The van der Waals surface area contributed by atoms with E-state index in [1.165, 1.54) is 31.2 Å². The number of nitrogens with two attached hydrogens (primary N) is 1. The van der Waals surface area contributed by atoms with Crippen molar-refractivity contribution in [1.29, 1.82) is 0 Å². The molecule has 4 aromatic rings. The third-order valence-corrected chi connectivity index (χ3v) is 6.04. The number of hydrogen-bond donors (Lipinski definition) is 2. The lowest BCUT2D eigenvalue weighted by Gasteiger charge is -2.17. The van der Waals surface area contributed by atoms with Crippen molar-refractivity contribution in [2.45, 2.75) is 57.9 Å². The van der Waals surface area contributed by atoms with Gasteiger partial charge in [-0.3, -0.25) is 0 Å². The summed E-state index contributed by atoms with van der Waals surface area (Å²) in [5.74, 6) is 1.99. The maximum atomic E-state index is 5.92. The molecular weight excluding hydrogens is 412 g/mol. The summed E-state index contributed by atoms with van der Waals surface area (Å²) in [6.45, 7) is 3.60. The summed E-state index contributed by atoms with van der Waals surface area (Å²) in [4.78, 5) is 4.61. The van der Waals surface area contributed by atoms with Gasteiger partial charge >= 0.3 is 0 Å². The fourth-order valence-electron chi connectivity index (χ4n) is 4.30. The van der Waals surface area contributed by atoms with Crippen molar-refractivity contribution in [2.75, 3.05) is 6.54 Å². The highest BCUT2D eigenvalue weighted by atomic mass is 15.5. The zero-order chi connectivity index (χ0) is 22.9. The van der Waals surface area contributed by atoms with Crippen LogP contribution in [0.25, 0.3) is 22.5 Å². The van der Waals surface area contributed by atoms with E-state index in [0.717, 1.165) is 35.4 Å². The Labute approximate surface area is 194 Å². The van der Waals surface area contributed by atoms with E-state index in [1.54, 1.807) is 6.33 Å². The molecule has 0 spiro atoms. The molecule has 0 saturated carbocycles. The molecular formula is C25H32N8. The maximum absolute atomic E-state index is 5.92. The maximum Gasteiger partial charge on any atom is 0.205 e. The number of hydrogen-bond acceptors (Lipinski definition) is 6. The number of unbranched alkanes of at least 4 members (excludes halogenated alkanes) is 3. The summed E-state index contributed by atoms with van der Waals surface area (Å²) < 4.78 is 2.03. The molecule has 0 aliphatic carbocycles. The molecule has 4 rings (SSSR count). The van der Waals surface area contributed by atoms with Gasteiger partial charge in [-0.15, -0.1) is 10.2 Å². The molecule has 0 aliphatic heterocycles. The molecule has 8 nitrogen and oxygen atoms in total. The van der Waals surface area contributed by atoms with Crippen LogP contribution < -0.4 is 5.73 Å². The van der Waals surface area contributed by atoms with E-state index in [2.05, 4.69) is 68.0 Å². The van der Waals surface area contributed by atoms with E-state index in [4.69, 9.17) is 5.73 Å². The Morgan fingerprint density at radius 2 is 1.79 bits per heavy atom. The molecule has 2 aromatic carbocycles. The number of nitrogens with one attached hydrogen (secondary N) is 1. The van der Waals surface area contributed by atoms with Crippen LogP contribution in [0.3, 0.4) is 0 Å². The zero-order valence-corrected chi connectivity index (χ0v) is 19.2. The van der Waals surface area contributed by atoms with Gasteiger partial charge in [-0.1, -0.05) is 81.1 Å². The summed E-state index contributed by atoms with van der Waals surface area (Å²) >= 11 is 0. The summed E-state index contributed by atoms with van der Waals surface area (Å²) in [6, 6.07) is 16.6. The second-order valence-corrected chi connectivity index (χ2v) is 8.38. The van der Waals surface area contributed by atoms with E-state index in [9.17, 15) is 0 Å². The molecule has 0 radical (unpaired) electrons. The Morgan fingerprint density at radius 1 is 0.970 bits per heavy atom. The van der Waals surface area contributed by atoms with Crippen molar-refractivity contribution in [3.05, 3.63) is 66.2 Å². The summed E-state index contributed by atoms with van der Waals surface area (Å²) in [6.07, 6.45) is 8.72. The highest BCUT2D eigenvalue weighted by Gasteiger charge is 2.18. The minimum atomic E-state index is 0.357. The van der Waals surface area contributed by atoms with Gasteiger partial charge in [-0.05, 0) is 41.3 Å². The summed E-state index contributed by atoms with van der Waals surface area (Å²) in [5, 5.41) is 19.0. The number of aromatic nitrogens is 7. The molecule has 1 atom stereocenters. The normalized spacial score (nSPS) is 12.2. The smallest absolute Gasteiger partial charge is 0.205 e. The van der Waals surface area contributed by atoms with Gasteiger partial charge in [0.25, 0.3) is 0 Å². The Kier molecular flexibility index (Phi) is 7.92. The first-order valence-electron chi connectivity index (χ1n) is 11.8. The molecule has 1 unspecified atom stereocenters. The molecule has 2 heterocycles. The van der Waals surface area contributed by atoms with Crippen molar-refractivity contribution in [3.8, 4) is 22.5 Å². The lowest BCUT2D eigenvalue weighted by Crippen LogP contribution is -2.15. The highest BCUT2D eigenvalue weighted by molar-refractivity contribution is 5.80. The van der Waals surface area contributed by atoms with Crippen LogP contribution in [0.1, 0.15) is 62.8 Å². The second kappa shape index (κ2) is 11.5. The van der Waals surface area contributed by atoms with E-state index < -0.39 is 0 Å². The molecule has 33 heavy (non-hydrogen) atoms. The lowest BCUT2D eigenvalue weighted by atomic mass is 9.96. The number of rotatable bonds is 12. The first-order chi connectivity index (χ1) is 16.3. The number of nitrogens with zero attached hydrogens (tertiary/aromatic N) is 6. The molecule has 0 bridgehead atoms. The van der Waals surface area contributed by atoms with Gasteiger partial charge in [0.2, 0.25) is 5.82 Å². The van der Waals surface area contributed by atoms with Crippen LogP contribution in [0.4, 0.5) is 0 Å². The molecule has 0 fully saturated rings. The Balaban J connectivity index is 1.49. The van der Waals surface area contributed by atoms with Crippen LogP contribution in [0.2, 0.25) is 0 Å². The molecule has 0 aliphatic rings. The average Bonchev–Trinajstić information content (AvgIpc) is 3.54. The Bertz CT molecular complexity index is 1100. The van der Waals surface area contributed by atoms with Crippen LogP contribution in [0.5, 0.6) is 0 Å². The lowest BCUT2D eigenvalue weighted by molar-refractivity contribution is 0.482. The molecule has 0 amide bonds. The van der Waals surface area contributed by atoms with E-state index in [1.807, 2.05) is 22.9 Å². The fraction of sp³-hybridized carbons (Fsp3) is 0.400. The van der Waals surface area contributed by atoms with Gasteiger partial charge in [0.1, 0.15) is 12.2 Å². The topological polar surface area (TPSA) is 111 Å². The summed E-state index contributed by atoms with van der Waals surface area (Å²) in [5.41, 5.74) is 10.2. The van der Waals surface area contributed by atoms with Gasteiger partial charge in [-0.25, -0.2) is 9.67 Å². The van der Waals surface area contributed by atoms with Crippen LogP contribution in [0.15, 0.2) is 54.9 Å². The fourth-order valence-corrected chi connectivity index (χ4v) is 4.30. The average molecular weight is 445 g/mol. The number of benzene rings is 2. The Morgan fingerprint density at radius 3 is 2.52 bits per heavy atom. The number of aromatic amines is 1. The van der Waals surface area contributed by atoms with E-state index in [0.29, 0.717) is 24.8 Å². The highest BCUT2D eigenvalue weighted by Crippen LogP contribution is 2.30. The molecule has 0 saturated heterocycles. The van der Waals surface area contributed by atoms with Crippen molar-refractivity contribution >= 4 is 0 Å². The van der Waals surface area contributed by atoms with Crippen LogP contribution in [-0.2, 0) is 6.54 Å². The first-order valence-corrected chi connectivity index (χ1v) is 11.8. The van der Waals surface area contributed by atoms with Crippen molar-refractivity contribution in [3.63, 3.8) is 0 Å². The largest absolute Gasteiger partial charge is 0.330 e. The van der Waals surface area contributed by atoms with Gasteiger partial charge in [-0.2, -0.15) is 10.3 Å². The predicted molar refractivity (Wildman–Crippen MR) is 129 cm³/mol. The second-order valence-electron chi connectivity index (χ2n) is 8.38. The van der Waals surface area contributed by atoms with Gasteiger partial charge < -0.3 is 5.73 Å². The zero-order valence-electron chi connectivity index (χ0n) is 19.2. The van der Waals surface area contributed by atoms with E-state index in [-0.39, 0.29) is 0 Å². The molecule has 172 valence electrons. The third-order valence-electron chi connectivity index (χ3n) is 6.04. The first kappa shape index (κ1) is 22.8. The van der Waals surface area contributed by atoms with Crippen LogP contribution in [-0.4, -0.2) is 41.9 Å². The summed E-state index contributed by atoms with van der Waals surface area (Å²) in [7, 11) is 0. The molecule has 2 aromatic heterocycles. The number of H-pyrrole nitrogens is 1. The van der Waals surface area contributed by atoms with Gasteiger partial charge in [0.15, 0.2) is 0 Å². The van der Waals surface area contributed by atoms with Crippen molar-refractivity contribution in [2.24, 2.45) is 5.73 Å². The van der Waals surface area contributed by atoms with Crippen LogP contribution >= 0.6 is 0 Å². The van der Waals surface area contributed by atoms with Gasteiger partial charge in [0.05, 0.1) is 6.54 Å². The quantitative estimate of drug-likeness (QED) is 0.310. The monoisotopic (exact) mass is 444 g/mol. The molecule has 8 heteroatoms. The Hall–Kier alpha value is -3.39. The standard InChI is InChI=1S/C25H32N8/c1-2-3-4-5-8-21(15-16-26)25-27-18-28-33(25)17-19-11-13-20(14-12-19)22-9-6-7-10-23(22)24-29-31-32-30-24/h6-7,9-14,18,21H,2-5,8,15-17,26H2,1H3,(H,29,30,31,32). The third kappa shape index (κ3) is 5.70. The van der Waals surface area contributed by atoms with Crippen LogP contribution in [0, 0.1) is 0 Å².